The van der Waals surface area contributed by atoms with Crippen LogP contribution in [0.3, 0.4) is 0 Å². The predicted molar refractivity (Wildman–Crippen MR) is 85.9 cm³/mol. The first-order valence-corrected chi connectivity index (χ1v) is 7.41. The number of rotatable bonds is 7. The van der Waals surface area contributed by atoms with Gasteiger partial charge in [0.15, 0.2) is 5.69 Å². The van der Waals surface area contributed by atoms with E-state index in [2.05, 4.69) is 18.8 Å². The highest BCUT2D eigenvalue weighted by atomic mass is 16.6. The molecule has 0 saturated carbocycles. The predicted octanol–water partition coefficient (Wildman–Crippen LogP) is 4.47. The number of nitrogens with zero attached hydrogens (tertiary/aromatic N) is 2. The molecule has 0 aliphatic heterocycles. The van der Waals surface area contributed by atoms with E-state index >= 15 is 0 Å². The molecule has 116 valence electrons. The highest BCUT2D eigenvalue weighted by molar-refractivity contribution is 5.69. The van der Waals surface area contributed by atoms with Gasteiger partial charge in [-0.15, -0.1) is 0 Å². The summed E-state index contributed by atoms with van der Waals surface area (Å²) >= 11 is 0. The summed E-state index contributed by atoms with van der Waals surface area (Å²) in [6.45, 7) is 4.90. The van der Waals surface area contributed by atoms with Gasteiger partial charge in [0.1, 0.15) is 0 Å². The van der Waals surface area contributed by atoms with Gasteiger partial charge in [0, 0.05) is 17.7 Å². The van der Waals surface area contributed by atoms with Gasteiger partial charge in [0.05, 0.1) is 11.5 Å². The minimum Gasteiger partial charge on any atom is -0.478 e. The molecule has 0 spiro atoms. The van der Waals surface area contributed by atoms with E-state index in [0.29, 0.717) is 29.7 Å². The van der Waals surface area contributed by atoms with E-state index < -0.39 is 4.92 Å². The lowest BCUT2D eigenvalue weighted by atomic mass is 10.1. The van der Waals surface area contributed by atoms with Crippen LogP contribution in [0.1, 0.15) is 26.7 Å². The molecule has 2 aromatic rings. The van der Waals surface area contributed by atoms with Gasteiger partial charge >= 0.3 is 0 Å². The maximum Gasteiger partial charge on any atom is 0.295 e. The fourth-order valence-electron chi connectivity index (χ4n) is 2.14. The van der Waals surface area contributed by atoms with Crippen molar-refractivity contribution in [3.8, 4) is 17.1 Å². The monoisotopic (exact) mass is 300 g/mol. The van der Waals surface area contributed by atoms with E-state index in [1.54, 1.807) is 18.2 Å². The van der Waals surface area contributed by atoms with Crippen molar-refractivity contribution in [2.75, 3.05) is 6.61 Å². The standard InChI is InChI=1S/C17H20N2O3/c1-13(2)7-6-12-22-16-11-10-15(19(20)21)17(18-16)14-8-4-3-5-9-14/h3-5,8-11,13H,6-7,12H2,1-2H3. The molecule has 0 aliphatic rings. The molecule has 0 fully saturated rings. The van der Waals surface area contributed by atoms with Crippen LogP contribution in [0, 0.1) is 16.0 Å². The zero-order valence-corrected chi connectivity index (χ0v) is 12.9. The smallest absolute Gasteiger partial charge is 0.295 e. The maximum absolute atomic E-state index is 11.2. The van der Waals surface area contributed by atoms with Crippen LogP contribution in [0.2, 0.25) is 0 Å². The molecule has 5 heteroatoms. The normalized spacial score (nSPS) is 10.7. The summed E-state index contributed by atoms with van der Waals surface area (Å²) in [6, 6.07) is 12.1. The molecule has 22 heavy (non-hydrogen) atoms. The molecule has 0 unspecified atom stereocenters. The third-order valence-electron chi connectivity index (χ3n) is 3.27. The summed E-state index contributed by atoms with van der Waals surface area (Å²) < 4.78 is 5.62. The lowest BCUT2D eigenvalue weighted by Gasteiger charge is -2.09. The summed E-state index contributed by atoms with van der Waals surface area (Å²) in [7, 11) is 0. The van der Waals surface area contributed by atoms with Gasteiger partial charge in [0.2, 0.25) is 5.88 Å². The molecule has 1 aromatic carbocycles. The van der Waals surface area contributed by atoms with E-state index in [-0.39, 0.29) is 5.69 Å². The van der Waals surface area contributed by atoms with Gasteiger partial charge in [0.25, 0.3) is 5.69 Å². The topological polar surface area (TPSA) is 65.3 Å². The van der Waals surface area contributed by atoms with Crippen LogP contribution in [-0.2, 0) is 0 Å². The van der Waals surface area contributed by atoms with Gasteiger partial charge < -0.3 is 4.74 Å². The van der Waals surface area contributed by atoms with Crippen molar-refractivity contribution in [2.45, 2.75) is 26.7 Å². The van der Waals surface area contributed by atoms with Crippen molar-refractivity contribution >= 4 is 5.69 Å². The Bertz CT molecular complexity index is 627. The second-order valence-corrected chi connectivity index (χ2v) is 5.52. The number of aromatic nitrogens is 1. The van der Waals surface area contributed by atoms with E-state index in [1.165, 1.54) is 6.07 Å². The molecule has 5 nitrogen and oxygen atoms in total. The van der Waals surface area contributed by atoms with Crippen molar-refractivity contribution in [1.82, 2.24) is 4.98 Å². The Kier molecular flexibility index (Phi) is 5.47. The third kappa shape index (κ3) is 4.28. The van der Waals surface area contributed by atoms with Crippen LogP contribution < -0.4 is 4.74 Å². The van der Waals surface area contributed by atoms with Gasteiger partial charge in [-0.2, -0.15) is 0 Å². The quantitative estimate of drug-likeness (QED) is 0.430. The SMILES string of the molecule is CC(C)CCCOc1ccc([N+](=O)[O-])c(-c2ccccc2)n1. The Hall–Kier alpha value is -2.43. The summed E-state index contributed by atoms with van der Waals surface area (Å²) in [4.78, 5) is 15.1. The Labute approximate surface area is 130 Å². The summed E-state index contributed by atoms with van der Waals surface area (Å²) in [5.74, 6) is 1.06. The Balaban J connectivity index is 2.19. The minimum absolute atomic E-state index is 0.0132. The van der Waals surface area contributed by atoms with E-state index in [9.17, 15) is 10.1 Å². The number of hydrogen-bond acceptors (Lipinski definition) is 4. The van der Waals surface area contributed by atoms with Crippen molar-refractivity contribution in [2.24, 2.45) is 5.92 Å². The molecule has 0 aliphatic carbocycles. The van der Waals surface area contributed by atoms with Crippen molar-refractivity contribution < 1.29 is 9.66 Å². The lowest BCUT2D eigenvalue weighted by molar-refractivity contribution is -0.384. The van der Waals surface area contributed by atoms with Gasteiger partial charge in [-0.25, -0.2) is 4.98 Å². The fourth-order valence-corrected chi connectivity index (χ4v) is 2.14. The second-order valence-electron chi connectivity index (χ2n) is 5.52. The zero-order valence-electron chi connectivity index (χ0n) is 12.9. The van der Waals surface area contributed by atoms with Crippen LogP contribution in [0.25, 0.3) is 11.3 Å². The minimum atomic E-state index is -0.419. The molecule has 2 rings (SSSR count). The highest BCUT2D eigenvalue weighted by Gasteiger charge is 2.18. The molecule has 0 amide bonds. The average molecular weight is 300 g/mol. The van der Waals surface area contributed by atoms with Gasteiger partial charge in [-0.05, 0) is 18.8 Å². The zero-order chi connectivity index (χ0) is 15.9. The van der Waals surface area contributed by atoms with E-state index in [4.69, 9.17) is 4.74 Å². The fraction of sp³-hybridized carbons (Fsp3) is 0.353. The second kappa shape index (κ2) is 7.54. The first-order chi connectivity index (χ1) is 10.6. The van der Waals surface area contributed by atoms with Crippen LogP contribution >= 0.6 is 0 Å². The molecule has 0 radical (unpaired) electrons. The average Bonchev–Trinajstić information content (AvgIpc) is 2.52. The molecular weight excluding hydrogens is 280 g/mol. The number of pyridine rings is 1. The lowest BCUT2D eigenvalue weighted by Crippen LogP contribution is -2.03. The summed E-state index contributed by atoms with van der Waals surface area (Å²) in [5, 5.41) is 11.2. The van der Waals surface area contributed by atoms with Crippen LogP contribution in [-0.4, -0.2) is 16.5 Å². The number of nitro groups is 1. The molecular formula is C17H20N2O3. The van der Waals surface area contributed by atoms with E-state index in [0.717, 1.165) is 12.8 Å². The van der Waals surface area contributed by atoms with Crippen molar-refractivity contribution in [1.29, 1.82) is 0 Å². The summed E-state index contributed by atoms with van der Waals surface area (Å²) in [6.07, 6.45) is 2.02. The molecule has 1 heterocycles. The Morgan fingerprint density at radius 1 is 1.18 bits per heavy atom. The molecule has 0 atom stereocenters. The number of benzene rings is 1. The first kappa shape index (κ1) is 15.9. The van der Waals surface area contributed by atoms with Gasteiger partial charge in [-0.1, -0.05) is 44.2 Å². The van der Waals surface area contributed by atoms with Crippen LogP contribution in [0.4, 0.5) is 5.69 Å². The molecule has 0 bridgehead atoms. The highest BCUT2D eigenvalue weighted by Crippen LogP contribution is 2.29. The molecule has 0 saturated heterocycles. The maximum atomic E-state index is 11.2. The number of ether oxygens (including phenoxy) is 1. The summed E-state index contributed by atoms with van der Waals surface area (Å²) in [5.41, 5.74) is 1.04. The van der Waals surface area contributed by atoms with E-state index in [1.807, 2.05) is 18.2 Å². The molecule has 0 N–H and O–H groups in total. The van der Waals surface area contributed by atoms with Gasteiger partial charge in [-0.3, -0.25) is 10.1 Å². The number of hydrogen-bond donors (Lipinski definition) is 0. The third-order valence-corrected chi connectivity index (χ3v) is 3.27. The molecule has 1 aromatic heterocycles. The Morgan fingerprint density at radius 2 is 1.91 bits per heavy atom. The van der Waals surface area contributed by atoms with Crippen LogP contribution in [0.5, 0.6) is 5.88 Å². The van der Waals surface area contributed by atoms with Crippen molar-refractivity contribution in [3.63, 3.8) is 0 Å². The first-order valence-electron chi connectivity index (χ1n) is 7.41. The van der Waals surface area contributed by atoms with Crippen molar-refractivity contribution in [3.05, 3.63) is 52.6 Å². The van der Waals surface area contributed by atoms with Crippen LogP contribution in [0.15, 0.2) is 42.5 Å². The largest absolute Gasteiger partial charge is 0.478 e. The Morgan fingerprint density at radius 3 is 2.55 bits per heavy atom.